The molecule has 0 aliphatic heterocycles. The molecule has 0 radical (unpaired) electrons. The fourth-order valence-corrected chi connectivity index (χ4v) is 4.27. The number of aliphatic hydroxyl groups is 1. The molecule has 0 aliphatic rings. The molecule has 0 bridgehead atoms. The van der Waals surface area contributed by atoms with Crippen LogP contribution in [0, 0.1) is 0 Å². The Morgan fingerprint density at radius 1 is 0.882 bits per heavy atom. The van der Waals surface area contributed by atoms with Crippen LogP contribution in [-0.2, 0) is 16.0 Å². The minimum absolute atomic E-state index is 0.265. The van der Waals surface area contributed by atoms with Gasteiger partial charge in [-0.05, 0) is 51.8 Å². The van der Waals surface area contributed by atoms with Gasteiger partial charge < -0.3 is 16.2 Å². The van der Waals surface area contributed by atoms with Gasteiger partial charge in [0.15, 0.2) is 0 Å². The lowest BCUT2D eigenvalue weighted by Gasteiger charge is -2.23. The molecule has 0 saturated heterocycles. The van der Waals surface area contributed by atoms with Crippen LogP contribution in [0.2, 0.25) is 0 Å². The molecule has 5 heteroatoms. The van der Waals surface area contributed by atoms with Crippen molar-refractivity contribution in [3.63, 3.8) is 0 Å². The Labute approximate surface area is 202 Å². The minimum Gasteiger partial charge on any atom is -0.388 e. The van der Waals surface area contributed by atoms with E-state index in [4.69, 9.17) is 5.73 Å². The zero-order valence-corrected chi connectivity index (χ0v) is 20.3. The SMILES string of the molecule is CC(C)c1cccc(C(C)C)c1-c1cc(CC(O)c2ccccc2)ccc1NC(=O)CC(N)=O. The van der Waals surface area contributed by atoms with Gasteiger partial charge in [-0.3, -0.25) is 9.59 Å². The molecular formula is C29H34N2O3. The molecule has 0 heterocycles. The predicted molar refractivity (Wildman–Crippen MR) is 138 cm³/mol. The summed E-state index contributed by atoms with van der Waals surface area (Å²) >= 11 is 0. The summed E-state index contributed by atoms with van der Waals surface area (Å²) in [6, 6.07) is 21.7. The molecular weight excluding hydrogens is 424 g/mol. The Morgan fingerprint density at radius 2 is 1.50 bits per heavy atom. The minimum atomic E-state index is -0.674. The van der Waals surface area contributed by atoms with Crippen LogP contribution in [-0.4, -0.2) is 16.9 Å². The Bertz CT molecular complexity index is 1130. The lowest BCUT2D eigenvalue weighted by Crippen LogP contribution is -2.22. The Balaban J connectivity index is 2.13. The van der Waals surface area contributed by atoms with E-state index < -0.39 is 17.9 Å². The number of nitrogens with one attached hydrogen (secondary N) is 1. The van der Waals surface area contributed by atoms with Crippen molar-refractivity contribution in [3.8, 4) is 11.1 Å². The van der Waals surface area contributed by atoms with Crippen LogP contribution in [0.1, 0.15) is 74.3 Å². The van der Waals surface area contributed by atoms with Crippen molar-refractivity contribution < 1.29 is 14.7 Å². The molecule has 34 heavy (non-hydrogen) atoms. The van der Waals surface area contributed by atoms with Crippen molar-refractivity contribution >= 4 is 17.5 Å². The fourth-order valence-electron chi connectivity index (χ4n) is 4.27. The van der Waals surface area contributed by atoms with Gasteiger partial charge in [-0.1, -0.05) is 82.3 Å². The molecule has 178 valence electrons. The zero-order chi connectivity index (χ0) is 24.8. The smallest absolute Gasteiger partial charge is 0.233 e. The van der Waals surface area contributed by atoms with Crippen molar-refractivity contribution in [2.24, 2.45) is 5.73 Å². The second-order valence-corrected chi connectivity index (χ2v) is 9.32. The van der Waals surface area contributed by atoms with Crippen LogP contribution >= 0.6 is 0 Å². The summed E-state index contributed by atoms with van der Waals surface area (Å²) in [4.78, 5) is 23.7. The molecule has 4 N–H and O–H groups in total. The lowest BCUT2D eigenvalue weighted by molar-refractivity contribution is -0.124. The first-order valence-electron chi connectivity index (χ1n) is 11.7. The van der Waals surface area contributed by atoms with Gasteiger partial charge in [-0.15, -0.1) is 0 Å². The highest BCUT2D eigenvalue weighted by molar-refractivity contribution is 6.05. The Morgan fingerprint density at radius 3 is 2.06 bits per heavy atom. The van der Waals surface area contributed by atoms with Crippen molar-refractivity contribution in [3.05, 3.63) is 89.0 Å². The summed E-state index contributed by atoms with van der Waals surface area (Å²) in [5.74, 6) is -0.589. The summed E-state index contributed by atoms with van der Waals surface area (Å²) in [6.45, 7) is 8.60. The van der Waals surface area contributed by atoms with Crippen LogP contribution in [0.15, 0.2) is 66.7 Å². The molecule has 5 nitrogen and oxygen atoms in total. The largest absolute Gasteiger partial charge is 0.388 e. The topological polar surface area (TPSA) is 92.4 Å². The molecule has 0 saturated carbocycles. The summed E-state index contributed by atoms with van der Waals surface area (Å²) in [7, 11) is 0. The van der Waals surface area contributed by atoms with Crippen molar-refractivity contribution in [1.29, 1.82) is 0 Å². The third kappa shape index (κ3) is 6.12. The van der Waals surface area contributed by atoms with E-state index in [0.717, 1.165) is 22.3 Å². The molecule has 0 aromatic heterocycles. The van der Waals surface area contributed by atoms with E-state index in [1.54, 1.807) is 0 Å². The number of carbonyl (C=O) groups is 2. The van der Waals surface area contributed by atoms with Gasteiger partial charge in [0.25, 0.3) is 0 Å². The number of primary amides is 1. The average molecular weight is 459 g/mol. The van der Waals surface area contributed by atoms with Crippen LogP contribution in [0.5, 0.6) is 0 Å². The highest BCUT2D eigenvalue weighted by Gasteiger charge is 2.20. The van der Waals surface area contributed by atoms with Crippen molar-refractivity contribution in [1.82, 2.24) is 0 Å². The highest BCUT2D eigenvalue weighted by atomic mass is 16.3. The maximum Gasteiger partial charge on any atom is 0.233 e. The number of hydrogen-bond acceptors (Lipinski definition) is 3. The molecule has 3 aromatic rings. The van der Waals surface area contributed by atoms with Gasteiger partial charge in [0.1, 0.15) is 6.42 Å². The third-order valence-electron chi connectivity index (χ3n) is 5.95. The molecule has 0 fully saturated rings. The molecule has 3 rings (SSSR count). The second-order valence-electron chi connectivity index (χ2n) is 9.32. The van der Waals surface area contributed by atoms with E-state index in [2.05, 4.69) is 51.2 Å². The molecule has 1 unspecified atom stereocenters. The van der Waals surface area contributed by atoms with E-state index >= 15 is 0 Å². The summed E-state index contributed by atoms with van der Waals surface area (Å²) in [5, 5.41) is 13.7. The number of hydrogen-bond donors (Lipinski definition) is 3. The maximum absolute atomic E-state index is 12.4. The summed E-state index contributed by atoms with van der Waals surface area (Å²) in [5.41, 5.74) is 12.0. The second kappa shape index (κ2) is 11.1. The Hall–Kier alpha value is -3.44. The van der Waals surface area contributed by atoms with E-state index in [1.807, 2.05) is 48.5 Å². The van der Waals surface area contributed by atoms with E-state index in [1.165, 1.54) is 11.1 Å². The Kier molecular flexibility index (Phi) is 8.24. The van der Waals surface area contributed by atoms with Gasteiger partial charge >= 0.3 is 0 Å². The molecule has 3 aromatic carbocycles. The summed E-state index contributed by atoms with van der Waals surface area (Å²) in [6.07, 6.45) is -0.585. The van der Waals surface area contributed by atoms with Crippen LogP contribution in [0.25, 0.3) is 11.1 Å². The van der Waals surface area contributed by atoms with E-state index in [0.29, 0.717) is 12.1 Å². The molecule has 1 atom stereocenters. The van der Waals surface area contributed by atoms with Gasteiger partial charge in [0, 0.05) is 17.7 Å². The monoisotopic (exact) mass is 458 g/mol. The van der Waals surface area contributed by atoms with Gasteiger partial charge in [-0.25, -0.2) is 0 Å². The fraction of sp³-hybridized carbons (Fsp3) is 0.310. The predicted octanol–water partition coefficient (Wildman–Crippen LogP) is 5.69. The number of anilines is 1. The standard InChI is InChI=1S/C29H34N2O3/c1-18(2)22-11-8-12-23(19(3)4)29(22)24-15-20(16-26(32)21-9-6-5-7-10-21)13-14-25(24)31-28(34)17-27(30)33/h5-15,18-19,26,32H,16-17H2,1-4H3,(H2,30,33)(H,31,34). The normalized spacial score (nSPS) is 12.1. The van der Waals surface area contributed by atoms with Crippen molar-refractivity contribution in [2.45, 2.75) is 58.5 Å². The van der Waals surface area contributed by atoms with E-state index in [-0.39, 0.29) is 18.3 Å². The maximum atomic E-state index is 12.4. The quantitative estimate of drug-likeness (QED) is 0.360. The number of benzene rings is 3. The van der Waals surface area contributed by atoms with E-state index in [9.17, 15) is 14.7 Å². The number of nitrogens with two attached hydrogens (primary N) is 1. The number of carbonyl (C=O) groups excluding carboxylic acids is 2. The third-order valence-corrected chi connectivity index (χ3v) is 5.95. The highest BCUT2D eigenvalue weighted by Crippen LogP contribution is 2.40. The first-order chi connectivity index (χ1) is 16.2. The van der Waals surface area contributed by atoms with Crippen LogP contribution in [0.3, 0.4) is 0 Å². The van der Waals surface area contributed by atoms with Crippen LogP contribution < -0.4 is 11.1 Å². The lowest BCUT2D eigenvalue weighted by atomic mass is 9.83. The summed E-state index contributed by atoms with van der Waals surface area (Å²) < 4.78 is 0. The first kappa shape index (κ1) is 25.2. The zero-order valence-electron chi connectivity index (χ0n) is 20.3. The first-order valence-corrected chi connectivity index (χ1v) is 11.7. The average Bonchev–Trinajstić information content (AvgIpc) is 2.79. The van der Waals surface area contributed by atoms with Crippen LogP contribution in [0.4, 0.5) is 5.69 Å². The number of amides is 2. The number of aliphatic hydroxyl groups excluding tert-OH is 1. The molecule has 0 aliphatic carbocycles. The molecule has 0 spiro atoms. The van der Waals surface area contributed by atoms with Gasteiger partial charge in [-0.2, -0.15) is 0 Å². The number of rotatable bonds is 9. The van der Waals surface area contributed by atoms with Gasteiger partial charge in [0.05, 0.1) is 6.10 Å². The molecule has 2 amide bonds. The van der Waals surface area contributed by atoms with Crippen molar-refractivity contribution in [2.75, 3.05) is 5.32 Å². The van der Waals surface area contributed by atoms with Gasteiger partial charge in [0.2, 0.25) is 11.8 Å².